The first-order chi connectivity index (χ1) is 9.20. The minimum absolute atomic E-state index is 0.0133. The van der Waals surface area contributed by atoms with E-state index in [1.807, 2.05) is 4.72 Å². The number of aryl methyl sites for hydroxylation is 1. The Kier molecular flexibility index (Phi) is 3.94. The van der Waals surface area contributed by atoms with Crippen LogP contribution >= 0.6 is 22.9 Å². The van der Waals surface area contributed by atoms with E-state index in [4.69, 9.17) is 11.6 Å². The molecule has 2 rings (SSSR count). The zero-order valence-electron chi connectivity index (χ0n) is 9.75. The van der Waals surface area contributed by atoms with Crippen molar-refractivity contribution in [3.05, 3.63) is 39.7 Å². The maximum absolute atomic E-state index is 13.0. The van der Waals surface area contributed by atoms with Crippen LogP contribution in [0.4, 0.5) is 18.9 Å². The number of nitrogens with one attached hydrogen (secondary N) is 1. The summed E-state index contributed by atoms with van der Waals surface area (Å²) in [5.74, 6) is -4.67. The summed E-state index contributed by atoms with van der Waals surface area (Å²) in [5, 5.41) is 0. The van der Waals surface area contributed by atoms with Gasteiger partial charge in [0.25, 0.3) is 10.0 Å². The van der Waals surface area contributed by atoms with Crippen molar-refractivity contribution in [2.75, 3.05) is 4.72 Å². The highest BCUT2D eigenvalue weighted by atomic mass is 35.5. The molecule has 20 heavy (non-hydrogen) atoms. The molecule has 0 bridgehead atoms. The van der Waals surface area contributed by atoms with Gasteiger partial charge in [-0.2, -0.15) is 0 Å². The van der Waals surface area contributed by atoms with Gasteiger partial charge in [-0.3, -0.25) is 4.72 Å². The van der Waals surface area contributed by atoms with Gasteiger partial charge >= 0.3 is 0 Å². The second kappa shape index (κ2) is 5.23. The molecular weight excluding hydrogens is 337 g/mol. The number of halogens is 4. The molecule has 108 valence electrons. The molecule has 10 heteroatoms. The van der Waals surface area contributed by atoms with E-state index in [-0.39, 0.29) is 14.4 Å². The van der Waals surface area contributed by atoms with E-state index in [1.54, 1.807) is 0 Å². The number of anilines is 1. The molecule has 0 saturated heterocycles. The molecule has 0 amide bonds. The van der Waals surface area contributed by atoms with Crippen LogP contribution in [0.15, 0.2) is 16.3 Å². The normalized spacial score (nSPS) is 11.7. The van der Waals surface area contributed by atoms with Crippen LogP contribution in [0, 0.1) is 24.4 Å². The van der Waals surface area contributed by atoms with Gasteiger partial charge in [0.2, 0.25) is 0 Å². The van der Waals surface area contributed by atoms with Gasteiger partial charge in [0, 0.05) is 12.1 Å². The highest BCUT2D eigenvalue weighted by molar-refractivity contribution is 7.94. The van der Waals surface area contributed by atoms with E-state index >= 15 is 0 Å². The van der Waals surface area contributed by atoms with Crippen LogP contribution in [0.2, 0.25) is 4.47 Å². The lowest BCUT2D eigenvalue weighted by atomic mass is 10.3. The van der Waals surface area contributed by atoms with Crippen LogP contribution in [0.25, 0.3) is 0 Å². The Balaban J connectivity index is 2.41. The number of nitrogens with zero attached hydrogens (tertiary/aromatic N) is 1. The molecular formula is C10H6ClF3N2O2S2. The molecule has 0 atom stereocenters. The van der Waals surface area contributed by atoms with Crippen molar-refractivity contribution in [2.24, 2.45) is 0 Å². The summed E-state index contributed by atoms with van der Waals surface area (Å²) < 4.78 is 64.6. The van der Waals surface area contributed by atoms with Crippen LogP contribution < -0.4 is 4.72 Å². The Morgan fingerprint density at radius 2 is 1.80 bits per heavy atom. The summed E-state index contributed by atoms with van der Waals surface area (Å²) in [7, 11) is -4.10. The Morgan fingerprint density at radius 1 is 1.25 bits per heavy atom. The predicted octanol–water partition coefficient (Wildman–Crippen LogP) is 3.32. The van der Waals surface area contributed by atoms with Gasteiger partial charge < -0.3 is 0 Å². The van der Waals surface area contributed by atoms with Gasteiger partial charge in [-0.05, 0) is 6.92 Å². The van der Waals surface area contributed by atoms with Crippen molar-refractivity contribution in [1.29, 1.82) is 0 Å². The average molecular weight is 343 g/mol. The molecule has 2 aromatic rings. The van der Waals surface area contributed by atoms with Gasteiger partial charge in [-0.25, -0.2) is 26.6 Å². The number of thiazole rings is 1. The number of sulfonamides is 1. The standard InChI is InChI=1S/C10H6ClF3N2O2S2/c1-4-9(19-10(11)15-4)20(17,18)16-5-2-6(12)8(14)7(13)3-5/h2-3,16H,1H3. The molecule has 0 saturated carbocycles. The summed E-state index contributed by atoms with van der Waals surface area (Å²) in [6, 6.07) is 1.07. The first-order valence-electron chi connectivity index (χ1n) is 5.01. The number of hydrogen-bond acceptors (Lipinski definition) is 4. The molecule has 1 aromatic heterocycles. The molecule has 0 unspecified atom stereocenters. The zero-order valence-corrected chi connectivity index (χ0v) is 12.1. The molecule has 0 fully saturated rings. The summed E-state index contributed by atoms with van der Waals surface area (Å²) in [4.78, 5) is 3.72. The van der Waals surface area contributed by atoms with Gasteiger partial charge in [0.15, 0.2) is 26.1 Å². The van der Waals surface area contributed by atoms with E-state index in [0.717, 1.165) is 0 Å². The van der Waals surface area contributed by atoms with E-state index in [9.17, 15) is 21.6 Å². The Bertz CT molecular complexity index is 754. The summed E-state index contributed by atoms with van der Waals surface area (Å²) in [6.07, 6.45) is 0. The maximum atomic E-state index is 13.0. The third-order valence-electron chi connectivity index (χ3n) is 2.21. The molecule has 1 N–H and O–H groups in total. The summed E-state index contributed by atoms with van der Waals surface area (Å²) in [5.41, 5.74) is -0.291. The minimum atomic E-state index is -4.10. The molecule has 1 heterocycles. The van der Waals surface area contributed by atoms with Gasteiger partial charge in [-0.1, -0.05) is 22.9 Å². The maximum Gasteiger partial charge on any atom is 0.273 e. The van der Waals surface area contributed by atoms with Crippen LogP contribution in [0.5, 0.6) is 0 Å². The summed E-state index contributed by atoms with van der Waals surface area (Å²) in [6.45, 7) is 1.42. The fraction of sp³-hybridized carbons (Fsp3) is 0.100. The van der Waals surface area contributed by atoms with Crippen molar-refractivity contribution >= 4 is 38.6 Å². The fourth-order valence-electron chi connectivity index (χ4n) is 1.42. The van der Waals surface area contributed by atoms with Crippen molar-refractivity contribution in [3.63, 3.8) is 0 Å². The zero-order chi connectivity index (χ0) is 15.1. The molecule has 0 radical (unpaired) electrons. The van der Waals surface area contributed by atoms with E-state index in [0.29, 0.717) is 23.5 Å². The lowest BCUT2D eigenvalue weighted by Crippen LogP contribution is -2.13. The Hall–Kier alpha value is -1.32. The first kappa shape index (κ1) is 15.1. The molecule has 0 aliphatic rings. The van der Waals surface area contributed by atoms with Gasteiger partial charge in [0.1, 0.15) is 0 Å². The fourth-order valence-corrected chi connectivity index (χ4v) is 4.20. The monoisotopic (exact) mass is 342 g/mol. The van der Waals surface area contributed by atoms with Crippen LogP contribution in [0.3, 0.4) is 0 Å². The van der Waals surface area contributed by atoms with E-state index < -0.39 is 33.2 Å². The second-order valence-electron chi connectivity index (χ2n) is 3.70. The lowest BCUT2D eigenvalue weighted by Gasteiger charge is -2.07. The van der Waals surface area contributed by atoms with Crippen molar-refractivity contribution in [2.45, 2.75) is 11.1 Å². The summed E-state index contributed by atoms with van der Waals surface area (Å²) >= 11 is 6.29. The highest BCUT2D eigenvalue weighted by Crippen LogP contribution is 2.29. The molecule has 1 aromatic carbocycles. The van der Waals surface area contributed by atoms with Crippen molar-refractivity contribution in [1.82, 2.24) is 4.98 Å². The third-order valence-corrected chi connectivity index (χ3v) is 5.46. The highest BCUT2D eigenvalue weighted by Gasteiger charge is 2.22. The number of aromatic nitrogens is 1. The van der Waals surface area contributed by atoms with Crippen molar-refractivity contribution in [3.8, 4) is 0 Å². The van der Waals surface area contributed by atoms with Gasteiger partial charge in [-0.15, -0.1) is 0 Å². The minimum Gasteiger partial charge on any atom is -0.279 e. The Morgan fingerprint density at radius 3 is 2.25 bits per heavy atom. The van der Waals surface area contributed by atoms with Crippen LogP contribution in [0.1, 0.15) is 5.69 Å². The number of benzene rings is 1. The topological polar surface area (TPSA) is 59.1 Å². The lowest BCUT2D eigenvalue weighted by molar-refractivity contribution is 0.448. The largest absolute Gasteiger partial charge is 0.279 e. The van der Waals surface area contributed by atoms with E-state index in [1.165, 1.54) is 6.92 Å². The molecule has 0 aliphatic heterocycles. The molecule has 0 spiro atoms. The first-order valence-corrected chi connectivity index (χ1v) is 7.69. The Labute approximate surface area is 121 Å². The van der Waals surface area contributed by atoms with E-state index in [2.05, 4.69) is 4.98 Å². The van der Waals surface area contributed by atoms with Crippen LogP contribution in [-0.2, 0) is 10.0 Å². The quantitative estimate of drug-likeness (QED) is 0.870. The third kappa shape index (κ3) is 2.89. The predicted molar refractivity (Wildman–Crippen MR) is 69.0 cm³/mol. The number of hydrogen-bond donors (Lipinski definition) is 1. The SMILES string of the molecule is Cc1nc(Cl)sc1S(=O)(=O)Nc1cc(F)c(F)c(F)c1. The van der Waals surface area contributed by atoms with Crippen molar-refractivity contribution < 1.29 is 21.6 Å². The second-order valence-corrected chi connectivity index (χ2v) is 7.16. The molecule has 4 nitrogen and oxygen atoms in total. The molecule has 0 aliphatic carbocycles. The average Bonchev–Trinajstić information content (AvgIpc) is 2.65. The van der Waals surface area contributed by atoms with Gasteiger partial charge in [0.05, 0.1) is 11.4 Å². The smallest absolute Gasteiger partial charge is 0.273 e. The van der Waals surface area contributed by atoms with Crippen LogP contribution in [-0.4, -0.2) is 13.4 Å². The number of rotatable bonds is 3.